The average Bonchev–Trinajstić information content (AvgIpc) is 2.81. The first-order valence-corrected chi connectivity index (χ1v) is 8.47. The van der Waals surface area contributed by atoms with Crippen molar-refractivity contribution in [3.8, 4) is 0 Å². The van der Waals surface area contributed by atoms with E-state index in [9.17, 15) is 9.59 Å². The molecular formula is C14H25NO2S2. The maximum Gasteiger partial charge on any atom is 0.228 e. The Kier molecular flexibility index (Phi) is 12.3. The summed E-state index contributed by atoms with van der Waals surface area (Å²) < 4.78 is 0.728. The Morgan fingerprint density at radius 1 is 1.32 bits per heavy atom. The number of hydrogen-bond donors (Lipinski definition) is 0. The minimum atomic E-state index is 0.158. The molecule has 1 fully saturated rings. The monoisotopic (exact) mass is 303 g/mol. The number of thioether (sulfide) groups is 1. The van der Waals surface area contributed by atoms with Gasteiger partial charge in [0.15, 0.2) is 0 Å². The molecule has 19 heavy (non-hydrogen) atoms. The Balaban J connectivity index is 0.000000982. The van der Waals surface area contributed by atoms with Crippen molar-refractivity contribution in [2.24, 2.45) is 0 Å². The predicted molar refractivity (Wildman–Crippen MR) is 86.5 cm³/mol. The molecule has 110 valence electrons. The summed E-state index contributed by atoms with van der Waals surface area (Å²) in [6.45, 7) is 5.02. The van der Waals surface area contributed by atoms with Gasteiger partial charge in [0.05, 0.1) is 0 Å². The molecule has 1 saturated heterocycles. The molecule has 0 radical (unpaired) electrons. The molecule has 0 saturated carbocycles. The minimum Gasteiger partial charge on any atom is -0.303 e. The molecule has 0 spiro atoms. The first kappa shape index (κ1) is 18.6. The molecule has 1 aliphatic rings. The SMILES string of the molecule is CCC.O=CCCCCCCC(=O)N1CCSC1=S. The van der Waals surface area contributed by atoms with Crippen molar-refractivity contribution in [2.45, 2.75) is 58.8 Å². The number of thiocarbonyl (C=S) groups is 1. The number of nitrogens with zero attached hydrogens (tertiary/aromatic N) is 1. The van der Waals surface area contributed by atoms with E-state index in [-0.39, 0.29) is 5.91 Å². The Bertz CT molecular complexity index is 283. The third-order valence-electron chi connectivity index (χ3n) is 2.52. The Morgan fingerprint density at radius 3 is 2.47 bits per heavy atom. The second-order valence-corrected chi connectivity index (χ2v) is 6.22. The van der Waals surface area contributed by atoms with Crippen molar-refractivity contribution in [3.63, 3.8) is 0 Å². The molecule has 1 rings (SSSR count). The van der Waals surface area contributed by atoms with E-state index in [4.69, 9.17) is 12.2 Å². The molecule has 5 heteroatoms. The average molecular weight is 303 g/mol. The second kappa shape index (κ2) is 12.6. The van der Waals surface area contributed by atoms with Crippen LogP contribution < -0.4 is 0 Å². The highest BCUT2D eigenvalue weighted by molar-refractivity contribution is 8.23. The summed E-state index contributed by atoms with van der Waals surface area (Å²) in [5.41, 5.74) is 0. The first-order chi connectivity index (χ1) is 9.17. The molecule has 1 heterocycles. The number of amides is 1. The smallest absolute Gasteiger partial charge is 0.228 e. The van der Waals surface area contributed by atoms with E-state index in [2.05, 4.69) is 13.8 Å². The van der Waals surface area contributed by atoms with E-state index < -0.39 is 0 Å². The van der Waals surface area contributed by atoms with Gasteiger partial charge in [-0.3, -0.25) is 9.69 Å². The number of hydrogen-bond acceptors (Lipinski definition) is 4. The molecule has 0 unspecified atom stereocenters. The van der Waals surface area contributed by atoms with E-state index in [0.29, 0.717) is 12.8 Å². The standard InChI is InChI=1S/C11H17NO2S2.C3H8/c13-8-5-3-1-2-4-6-10(14)12-7-9-16-11(12)15;1-3-2/h8H,1-7,9H2;3H2,1-2H3. The molecule has 3 nitrogen and oxygen atoms in total. The highest BCUT2D eigenvalue weighted by Gasteiger charge is 2.22. The normalized spacial score (nSPS) is 14.0. The third kappa shape index (κ3) is 9.16. The van der Waals surface area contributed by atoms with Crippen LogP contribution >= 0.6 is 24.0 Å². The fourth-order valence-electron chi connectivity index (χ4n) is 1.61. The van der Waals surface area contributed by atoms with Crippen LogP contribution in [0.1, 0.15) is 58.8 Å². The zero-order valence-electron chi connectivity index (χ0n) is 12.0. The molecule has 0 aromatic rings. The van der Waals surface area contributed by atoms with Crippen LogP contribution in [0.4, 0.5) is 0 Å². The van der Waals surface area contributed by atoms with Crippen LogP contribution in [0.15, 0.2) is 0 Å². The molecule has 0 aromatic carbocycles. The maximum atomic E-state index is 11.7. The minimum absolute atomic E-state index is 0.158. The Labute approximate surface area is 126 Å². The lowest BCUT2D eigenvalue weighted by atomic mass is 10.1. The Hall–Kier alpha value is -0.420. The van der Waals surface area contributed by atoms with Gasteiger partial charge in [0.2, 0.25) is 5.91 Å². The van der Waals surface area contributed by atoms with Crippen LogP contribution in [-0.2, 0) is 9.59 Å². The summed E-state index contributed by atoms with van der Waals surface area (Å²) in [5.74, 6) is 1.09. The van der Waals surface area contributed by atoms with Crippen LogP contribution in [0.3, 0.4) is 0 Å². The summed E-state index contributed by atoms with van der Waals surface area (Å²) in [6.07, 6.45) is 7.32. The number of unbranched alkanes of at least 4 members (excludes halogenated alkanes) is 4. The van der Waals surface area contributed by atoms with Gasteiger partial charge in [-0.25, -0.2) is 0 Å². The number of carbonyl (C=O) groups is 2. The van der Waals surface area contributed by atoms with Crippen LogP contribution in [0, 0.1) is 0 Å². The van der Waals surface area contributed by atoms with Gasteiger partial charge in [-0.05, 0) is 12.8 Å². The summed E-state index contributed by atoms with van der Waals surface area (Å²) in [5, 5.41) is 0. The van der Waals surface area contributed by atoms with E-state index in [0.717, 1.165) is 48.6 Å². The van der Waals surface area contributed by atoms with Gasteiger partial charge in [0.25, 0.3) is 0 Å². The van der Waals surface area contributed by atoms with Crippen molar-refractivity contribution < 1.29 is 9.59 Å². The molecule has 1 amide bonds. The number of rotatable bonds is 7. The van der Waals surface area contributed by atoms with Crippen molar-refractivity contribution in [1.82, 2.24) is 4.90 Å². The zero-order valence-corrected chi connectivity index (χ0v) is 13.7. The van der Waals surface area contributed by atoms with Gasteiger partial charge in [-0.1, -0.05) is 57.1 Å². The lowest BCUT2D eigenvalue weighted by Gasteiger charge is -2.14. The number of aldehydes is 1. The summed E-state index contributed by atoms with van der Waals surface area (Å²) in [4.78, 5) is 23.5. The summed E-state index contributed by atoms with van der Waals surface area (Å²) >= 11 is 6.66. The second-order valence-electron chi connectivity index (χ2n) is 4.49. The molecule has 0 bridgehead atoms. The molecule has 0 atom stereocenters. The highest BCUT2D eigenvalue weighted by atomic mass is 32.2. The Morgan fingerprint density at radius 2 is 1.95 bits per heavy atom. The van der Waals surface area contributed by atoms with Crippen LogP contribution in [0.2, 0.25) is 0 Å². The third-order valence-corrected chi connectivity index (χ3v) is 3.95. The van der Waals surface area contributed by atoms with Gasteiger partial charge in [-0.15, -0.1) is 0 Å². The van der Waals surface area contributed by atoms with Crippen LogP contribution in [-0.4, -0.2) is 33.7 Å². The van der Waals surface area contributed by atoms with Crippen LogP contribution in [0.25, 0.3) is 0 Å². The van der Waals surface area contributed by atoms with Crippen molar-refractivity contribution in [3.05, 3.63) is 0 Å². The maximum absolute atomic E-state index is 11.7. The predicted octanol–water partition coefficient (Wildman–Crippen LogP) is 3.80. The summed E-state index contributed by atoms with van der Waals surface area (Å²) in [7, 11) is 0. The van der Waals surface area contributed by atoms with Gasteiger partial charge in [0.1, 0.15) is 10.6 Å². The topological polar surface area (TPSA) is 37.4 Å². The molecular weight excluding hydrogens is 278 g/mol. The van der Waals surface area contributed by atoms with Gasteiger partial charge in [-0.2, -0.15) is 0 Å². The van der Waals surface area contributed by atoms with E-state index >= 15 is 0 Å². The van der Waals surface area contributed by atoms with Crippen molar-refractivity contribution >= 4 is 40.5 Å². The van der Waals surface area contributed by atoms with Crippen LogP contribution in [0.5, 0.6) is 0 Å². The van der Waals surface area contributed by atoms with Crippen molar-refractivity contribution in [1.29, 1.82) is 0 Å². The fourth-order valence-corrected chi connectivity index (χ4v) is 2.85. The van der Waals surface area contributed by atoms with E-state index in [1.54, 1.807) is 16.7 Å². The largest absolute Gasteiger partial charge is 0.303 e. The fraction of sp³-hybridized carbons (Fsp3) is 0.786. The molecule has 0 N–H and O–H groups in total. The van der Waals surface area contributed by atoms with Crippen molar-refractivity contribution in [2.75, 3.05) is 12.3 Å². The van der Waals surface area contributed by atoms with E-state index in [1.807, 2.05) is 0 Å². The van der Waals surface area contributed by atoms with E-state index in [1.165, 1.54) is 6.42 Å². The van der Waals surface area contributed by atoms with Gasteiger partial charge < -0.3 is 4.79 Å². The number of carbonyl (C=O) groups excluding carboxylic acids is 2. The first-order valence-electron chi connectivity index (χ1n) is 7.08. The molecule has 0 aromatic heterocycles. The highest BCUT2D eigenvalue weighted by Crippen LogP contribution is 2.19. The molecule has 0 aliphatic carbocycles. The quantitative estimate of drug-likeness (QED) is 0.407. The summed E-state index contributed by atoms with van der Waals surface area (Å²) in [6, 6.07) is 0. The molecule has 1 aliphatic heterocycles. The zero-order chi connectivity index (χ0) is 14.5. The lowest BCUT2D eigenvalue weighted by Crippen LogP contribution is -2.30. The van der Waals surface area contributed by atoms with Gasteiger partial charge in [0, 0.05) is 25.1 Å². The van der Waals surface area contributed by atoms with Gasteiger partial charge >= 0.3 is 0 Å². The lowest BCUT2D eigenvalue weighted by molar-refractivity contribution is -0.127.